The second kappa shape index (κ2) is 8.16. The first kappa shape index (κ1) is 16.8. The number of rotatable bonds is 7. The van der Waals surface area contributed by atoms with Crippen molar-refractivity contribution < 1.29 is 0 Å². The molecule has 0 nitrogen and oxygen atoms in total. The van der Waals surface area contributed by atoms with E-state index in [4.69, 9.17) is 0 Å². The van der Waals surface area contributed by atoms with Crippen LogP contribution in [-0.4, -0.2) is 8.07 Å². The minimum atomic E-state index is -1.29. The Kier molecular flexibility index (Phi) is 6.87. The topological polar surface area (TPSA) is 0 Å². The van der Waals surface area contributed by atoms with E-state index in [1.54, 1.807) is 0 Å². The summed E-state index contributed by atoms with van der Waals surface area (Å²) >= 11 is 0. The SMILES string of the molecule is C=C(/C(C)=C/C/C=C1/C=CC=C[CH+]1)[Si](CC)(CC)CC. The van der Waals surface area contributed by atoms with Crippen molar-refractivity contribution in [3.63, 3.8) is 0 Å². The molecule has 0 bridgehead atoms. The van der Waals surface area contributed by atoms with Gasteiger partial charge in [0.15, 0.2) is 0 Å². The lowest BCUT2D eigenvalue weighted by Gasteiger charge is -2.31. The van der Waals surface area contributed by atoms with Crippen LogP contribution < -0.4 is 0 Å². The van der Waals surface area contributed by atoms with E-state index in [2.05, 4.69) is 77.2 Å². The van der Waals surface area contributed by atoms with E-state index in [1.165, 1.54) is 34.5 Å². The molecule has 0 atom stereocenters. The molecule has 0 heterocycles. The maximum atomic E-state index is 4.44. The molecule has 0 amide bonds. The maximum Gasteiger partial charge on any atom is 0.0921 e. The van der Waals surface area contributed by atoms with Gasteiger partial charge in [0.25, 0.3) is 0 Å². The summed E-state index contributed by atoms with van der Waals surface area (Å²) in [4.78, 5) is 0. The Bertz CT molecular complexity index is 434. The molecule has 0 saturated carbocycles. The van der Waals surface area contributed by atoms with Gasteiger partial charge in [-0.2, -0.15) is 0 Å². The van der Waals surface area contributed by atoms with E-state index < -0.39 is 8.07 Å². The van der Waals surface area contributed by atoms with Gasteiger partial charge in [0.1, 0.15) is 0 Å². The average molecular weight is 286 g/mol. The molecule has 20 heavy (non-hydrogen) atoms. The molecule has 0 saturated heterocycles. The summed E-state index contributed by atoms with van der Waals surface area (Å²) < 4.78 is 0. The molecular formula is C19H29Si+. The highest BCUT2D eigenvalue weighted by atomic mass is 28.3. The first-order chi connectivity index (χ1) is 9.59. The highest BCUT2D eigenvalue weighted by Gasteiger charge is 2.30. The van der Waals surface area contributed by atoms with Gasteiger partial charge in [-0.1, -0.05) is 62.3 Å². The first-order valence-corrected chi connectivity index (χ1v) is 10.5. The van der Waals surface area contributed by atoms with E-state index in [0.717, 1.165) is 6.42 Å². The van der Waals surface area contributed by atoms with Crippen LogP contribution in [0.15, 0.2) is 59.4 Å². The molecule has 0 aromatic rings. The predicted molar refractivity (Wildman–Crippen MR) is 95.4 cm³/mol. The summed E-state index contributed by atoms with van der Waals surface area (Å²) in [5.41, 5.74) is 2.71. The van der Waals surface area contributed by atoms with E-state index >= 15 is 0 Å². The largest absolute Gasteiger partial charge is 0.0995 e. The van der Waals surface area contributed by atoms with Crippen LogP contribution in [0.25, 0.3) is 0 Å². The fourth-order valence-corrected chi connectivity index (χ4v) is 6.61. The maximum absolute atomic E-state index is 4.44. The normalized spacial score (nSPS) is 17.4. The molecule has 1 heteroatoms. The Balaban J connectivity index is 2.71. The fourth-order valence-electron chi connectivity index (χ4n) is 2.89. The summed E-state index contributed by atoms with van der Waals surface area (Å²) in [6, 6.07) is 3.94. The monoisotopic (exact) mass is 285 g/mol. The van der Waals surface area contributed by atoms with Crippen molar-refractivity contribution in [2.45, 2.75) is 52.2 Å². The van der Waals surface area contributed by atoms with E-state index in [0.29, 0.717) is 0 Å². The highest BCUT2D eigenvalue weighted by Crippen LogP contribution is 2.31. The lowest BCUT2D eigenvalue weighted by molar-refractivity contribution is 1.16. The summed E-state index contributed by atoms with van der Waals surface area (Å²) in [7, 11) is -1.29. The van der Waals surface area contributed by atoms with Crippen LogP contribution in [0.5, 0.6) is 0 Å². The Morgan fingerprint density at radius 1 is 1.20 bits per heavy atom. The molecule has 0 aromatic heterocycles. The molecule has 1 aliphatic carbocycles. The van der Waals surface area contributed by atoms with Crippen LogP contribution in [0.4, 0.5) is 0 Å². The van der Waals surface area contributed by atoms with Crippen molar-refractivity contribution in [1.29, 1.82) is 0 Å². The van der Waals surface area contributed by atoms with Crippen LogP contribution >= 0.6 is 0 Å². The van der Waals surface area contributed by atoms with Gasteiger partial charge in [0, 0.05) is 43.2 Å². The molecule has 108 valence electrons. The smallest absolute Gasteiger partial charge is 0.0921 e. The van der Waals surface area contributed by atoms with Crippen LogP contribution in [0.3, 0.4) is 0 Å². The second-order valence-electron chi connectivity index (χ2n) is 5.56. The van der Waals surface area contributed by atoms with E-state index in [-0.39, 0.29) is 0 Å². The molecule has 0 N–H and O–H groups in total. The minimum Gasteiger partial charge on any atom is -0.0995 e. The van der Waals surface area contributed by atoms with Crippen molar-refractivity contribution in [3.8, 4) is 0 Å². The highest BCUT2D eigenvalue weighted by molar-refractivity contribution is 6.87. The summed E-state index contributed by atoms with van der Waals surface area (Å²) in [5, 5.41) is 1.46. The van der Waals surface area contributed by atoms with Gasteiger partial charge in [-0.25, -0.2) is 0 Å². The lowest BCUT2D eigenvalue weighted by Crippen LogP contribution is -2.34. The molecule has 1 rings (SSSR count). The zero-order valence-electron chi connectivity index (χ0n) is 13.6. The van der Waals surface area contributed by atoms with Gasteiger partial charge < -0.3 is 0 Å². The average Bonchev–Trinajstić information content (AvgIpc) is 2.50. The third kappa shape index (κ3) is 4.14. The van der Waals surface area contributed by atoms with Crippen molar-refractivity contribution in [1.82, 2.24) is 0 Å². The first-order valence-electron chi connectivity index (χ1n) is 7.84. The van der Waals surface area contributed by atoms with Crippen molar-refractivity contribution >= 4 is 8.07 Å². The van der Waals surface area contributed by atoms with Crippen LogP contribution in [0.2, 0.25) is 18.1 Å². The quantitative estimate of drug-likeness (QED) is 0.297. The second-order valence-corrected chi connectivity index (χ2v) is 10.8. The fraction of sp³-hybridized carbons (Fsp3) is 0.421. The molecule has 0 fully saturated rings. The number of allylic oxidation sites excluding steroid dienone is 9. The van der Waals surface area contributed by atoms with Gasteiger partial charge in [-0.15, -0.1) is 0 Å². The van der Waals surface area contributed by atoms with Gasteiger partial charge in [-0.3, -0.25) is 0 Å². The zero-order chi connectivity index (χ0) is 15.0. The third-order valence-electron chi connectivity index (χ3n) is 4.72. The van der Waals surface area contributed by atoms with Crippen LogP contribution in [0, 0.1) is 6.42 Å². The molecule has 0 spiro atoms. The molecule has 0 aromatic carbocycles. The Labute approximate surface area is 126 Å². The summed E-state index contributed by atoms with van der Waals surface area (Å²) in [5.74, 6) is 0. The standard InChI is InChI=1S/C19H29Si/c1-6-20(7-2,8-3)18(5)17(4)13-12-16-19-14-10-9-11-15-19/h9-11,13-16H,5-8,12H2,1-4H3/q+1/b17-13+. The van der Waals surface area contributed by atoms with Crippen LogP contribution in [0.1, 0.15) is 34.1 Å². The van der Waals surface area contributed by atoms with Crippen molar-refractivity contribution in [3.05, 3.63) is 65.8 Å². The van der Waals surface area contributed by atoms with Gasteiger partial charge in [0.2, 0.25) is 0 Å². The molecule has 0 radical (unpaired) electrons. The Morgan fingerprint density at radius 3 is 2.35 bits per heavy atom. The molecule has 0 aliphatic heterocycles. The lowest BCUT2D eigenvalue weighted by atomic mass is 10.1. The molecule has 1 aliphatic rings. The van der Waals surface area contributed by atoms with E-state index in [9.17, 15) is 0 Å². The van der Waals surface area contributed by atoms with Gasteiger partial charge >= 0.3 is 0 Å². The molecular weight excluding hydrogens is 256 g/mol. The summed E-state index contributed by atoms with van der Waals surface area (Å²) in [6.07, 6.45) is 16.2. The Hall–Kier alpha value is -1.21. The number of hydrogen-bond donors (Lipinski definition) is 0. The molecule has 0 unspecified atom stereocenters. The number of hydrogen-bond acceptors (Lipinski definition) is 0. The Morgan fingerprint density at radius 2 is 1.85 bits per heavy atom. The van der Waals surface area contributed by atoms with Crippen molar-refractivity contribution in [2.75, 3.05) is 0 Å². The van der Waals surface area contributed by atoms with Gasteiger partial charge in [0.05, 0.1) is 13.6 Å². The van der Waals surface area contributed by atoms with Crippen molar-refractivity contribution in [2.24, 2.45) is 0 Å². The third-order valence-corrected chi connectivity index (χ3v) is 10.5. The minimum absolute atomic E-state index is 0.997. The zero-order valence-corrected chi connectivity index (χ0v) is 14.6. The summed E-state index contributed by atoms with van der Waals surface area (Å²) in [6.45, 7) is 13.7. The van der Waals surface area contributed by atoms with Crippen LogP contribution in [-0.2, 0) is 0 Å². The van der Waals surface area contributed by atoms with Gasteiger partial charge in [-0.05, 0) is 6.92 Å². The predicted octanol–water partition coefficient (Wildman–Crippen LogP) is 6.18. The van der Waals surface area contributed by atoms with E-state index in [1.807, 2.05) is 0 Å².